The molecule has 0 saturated heterocycles. The van der Waals surface area contributed by atoms with E-state index in [1.54, 1.807) is 6.07 Å². The van der Waals surface area contributed by atoms with Crippen LogP contribution >= 0.6 is 11.6 Å². The molecule has 21 heavy (non-hydrogen) atoms. The standard InChI is InChI=1S/C16H22ClFN2O/c1-16(2,3)6-8-20-13-10-14(21-4)11(18)9-12(13)19-15(20)5-7-17/h9-10H,5-8H2,1-4H3. The highest BCUT2D eigenvalue weighted by atomic mass is 35.5. The van der Waals surface area contributed by atoms with E-state index in [1.807, 2.05) is 0 Å². The molecule has 0 fully saturated rings. The summed E-state index contributed by atoms with van der Waals surface area (Å²) in [6.45, 7) is 7.44. The highest BCUT2D eigenvalue weighted by Gasteiger charge is 2.17. The molecule has 0 aliphatic rings. The number of alkyl halides is 1. The summed E-state index contributed by atoms with van der Waals surface area (Å²) in [6.07, 6.45) is 1.68. The maximum Gasteiger partial charge on any atom is 0.167 e. The van der Waals surface area contributed by atoms with E-state index in [-0.39, 0.29) is 17.0 Å². The molecule has 0 bridgehead atoms. The number of ether oxygens (including phenoxy) is 1. The molecule has 2 rings (SSSR count). The van der Waals surface area contributed by atoms with Crippen molar-refractivity contribution in [2.24, 2.45) is 5.41 Å². The average molecular weight is 313 g/mol. The molecule has 1 aromatic carbocycles. The molecule has 0 unspecified atom stereocenters. The van der Waals surface area contributed by atoms with Crippen LogP contribution in [-0.2, 0) is 13.0 Å². The summed E-state index contributed by atoms with van der Waals surface area (Å²) in [5.74, 6) is 1.26. The first kappa shape index (κ1) is 16.1. The van der Waals surface area contributed by atoms with Crippen molar-refractivity contribution in [1.29, 1.82) is 0 Å². The van der Waals surface area contributed by atoms with Gasteiger partial charge in [-0.3, -0.25) is 0 Å². The van der Waals surface area contributed by atoms with Gasteiger partial charge in [-0.1, -0.05) is 20.8 Å². The topological polar surface area (TPSA) is 27.1 Å². The van der Waals surface area contributed by atoms with Crippen LogP contribution in [0.4, 0.5) is 4.39 Å². The molecular weight excluding hydrogens is 291 g/mol. The van der Waals surface area contributed by atoms with Gasteiger partial charge in [0.1, 0.15) is 5.82 Å². The molecule has 0 aliphatic heterocycles. The van der Waals surface area contributed by atoms with E-state index in [4.69, 9.17) is 16.3 Å². The van der Waals surface area contributed by atoms with E-state index in [1.165, 1.54) is 13.2 Å². The molecular formula is C16H22ClFN2O. The van der Waals surface area contributed by atoms with Crippen LogP contribution in [0, 0.1) is 11.2 Å². The third-order valence-electron chi connectivity index (χ3n) is 3.50. The first-order chi connectivity index (χ1) is 9.85. The fraction of sp³-hybridized carbons (Fsp3) is 0.562. The molecule has 0 radical (unpaired) electrons. The number of benzene rings is 1. The van der Waals surface area contributed by atoms with Crippen molar-refractivity contribution in [1.82, 2.24) is 9.55 Å². The third kappa shape index (κ3) is 3.67. The van der Waals surface area contributed by atoms with Crippen LogP contribution in [0.25, 0.3) is 11.0 Å². The monoisotopic (exact) mass is 312 g/mol. The largest absolute Gasteiger partial charge is 0.494 e. The van der Waals surface area contributed by atoms with Gasteiger partial charge >= 0.3 is 0 Å². The van der Waals surface area contributed by atoms with Crippen molar-refractivity contribution in [2.75, 3.05) is 13.0 Å². The van der Waals surface area contributed by atoms with E-state index >= 15 is 0 Å². The molecule has 3 nitrogen and oxygen atoms in total. The van der Waals surface area contributed by atoms with Crippen molar-refractivity contribution in [3.63, 3.8) is 0 Å². The van der Waals surface area contributed by atoms with Crippen LogP contribution in [-0.4, -0.2) is 22.5 Å². The van der Waals surface area contributed by atoms with Crippen molar-refractivity contribution in [3.05, 3.63) is 23.8 Å². The molecule has 2 aromatic rings. The molecule has 0 N–H and O–H groups in total. The molecule has 5 heteroatoms. The normalized spacial score (nSPS) is 12.1. The number of aryl methyl sites for hydroxylation is 2. The summed E-state index contributed by atoms with van der Waals surface area (Å²) in [5.41, 5.74) is 1.78. The number of aromatic nitrogens is 2. The van der Waals surface area contributed by atoms with Crippen LogP contribution in [0.15, 0.2) is 12.1 Å². The van der Waals surface area contributed by atoms with Gasteiger partial charge in [0.05, 0.1) is 18.1 Å². The predicted molar refractivity (Wildman–Crippen MR) is 84.7 cm³/mol. The number of fused-ring (bicyclic) bond motifs is 1. The number of halogens is 2. The van der Waals surface area contributed by atoms with Gasteiger partial charge in [0.2, 0.25) is 0 Å². The van der Waals surface area contributed by atoms with Crippen LogP contribution in [0.5, 0.6) is 5.75 Å². The summed E-state index contributed by atoms with van der Waals surface area (Å²) in [4.78, 5) is 4.52. The SMILES string of the molecule is COc1cc2c(cc1F)nc(CCCl)n2CCC(C)(C)C. The lowest BCUT2D eigenvalue weighted by Gasteiger charge is -2.19. The van der Waals surface area contributed by atoms with Crippen molar-refractivity contribution < 1.29 is 9.13 Å². The Morgan fingerprint density at radius 2 is 2.05 bits per heavy atom. The Bertz CT molecular complexity index is 631. The Morgan fingerprint density at radius 3 is 2.62 bits per heavy atom. The predicted octanol–water partition coefficient (Wildman–Crippen LogP) is 4.40. The Kier molecular flexibility index (Phi) is 4.77. The summed E-state index contributed by atoms with van der Waals surface area (Å²) in [6, 6.07) is 3.15. The van der Waals surface area contributed by atoms with Gasteiger partial charge in [-0.05, 0) is 11.8 Å². The zero-order valence-electron chi connectivity index (χ0n) is 13.0. The highest BCUT2D eigenvalue weighted by Crippen LogP contribution is 2.28. The van der Waals surface area contributed by atoms with Crippen molar-refractivity contribution in [3.8, 4) is 5.75 Å². The minimum Gasteiger partial charge on any atom is -0.494 e. The second-order valence-corrected chi connectivity index (χ2v) is 6.78. The zero-order valence-corrected chi connectivity index (χ0v) is 13.8. The van der Waals surface area contributed by atoms with Gasteiger partial charge in [-0.2, -0.15) is 0 Å². The number of nitrogens with zero attached hydrogens (tertiary/aromatic N) is 2. The molecule has 1 heterocycles. The van der Waals surface area contributed by atoms with Crippen LogP contribution < -0.4 is 4.74 Å². The Morgan fingerprint density at radius 1 is 1.33 bits per heavy atom. The van der Waals surface area contributed by atoms with Crippen molar-refractivity contribution in [2.45, 2.75) is 40.2 Å². The van der Waals surface area contributed by atoms with Gasteiger partial charge in [0, 0.05) is 31.0 Å². The lowest BCUT2D eigenvalue weighted by molar-refractivity contribution is 0.350. The van der Waals surface area contributed by atoms with Gasteiger partial charge in [-0.15, -0.1) is 11.6 Å². The third-order valence-corrected chi connectivity index (χ3v) is 3.69. The van der Waals surface area contributed by atoms with Crippen LogP contribution in [0.1, 0.15) is 33.0 Å². The second kappa shape index (κ2) is 6.22. The maximum absolute atomic E-state index is 13.8. The first-order valence-electron chi connectivity index (χ1n) is 7.14. The highest BCUT2D eigenvalue weighted by molar-refractivity contribution is 6.17. The molecule has 0 atom stereocenters. The van der Waals surface area contributed by atoms with E-state index in [0.29, 0.717) is 17.8 Å². The fourth-order valence-corrected chi connectivity index (χ4v) is 2.47. The van der Waals surface area contributed by atoms with Crippen LogP contribution in [0.3, 0.4) is 0 Å². The van der Waals surface area contributed by atoms with Gasteiger partial charge in [0.25, 0.3) is 0 Å². The summed E-state index contributed by atoms with van der Waals surface area (Å²) in [7, 11) is 1.47. The van der Waals surface area contributed by atoms with Crippen LogP contribution in [0.2, 0.25) is 0 Å². The first-order valence-corrected chi connectivity index (χ1v) is 7.68. The average Bonchev–Trinajstić information content (AvgIpc) is 2.71. The van der Waals surface area contributed by atoms with E-state index in [9.17, 15) is 4.39 Å². The Hall–Kier alpha value is -1.29. The molecule has 0 saturated carbocycles. The summed E-state index contributed by atoms with van der Waals surface area (Å²) in [5, 5.41) is 0. The number of hydrogen-bond donors (Lipinski definition) is 0. The quantitative estimate of drug-likeness (QED) is 0.765. The lowest BCUT2D eigenvalue weighted by atomic mass is 9.92. The zero-order chi connectivity index (χ0) is 15.6. The molecule has 116 valence electrons. The lowest BCUT2D eigenvalue weighted by Crippen LogP contribution is -2.12. The minimum atomic E-state index is -0.386. The van der Waals surface area contributed by atoms with E-state index < -0.39 is 0 Å². The number of hydrogen-bond acceptors (Lipinski definition) is 2. The van der Waals surface area contributed by atoms with E-state index in [0.717, 1.165) is 24.3 Å². The van der Waals surface area contributed by atoms with Gasteiger partial charge < -0.3 is 9.30 Å². The van der Waals surface area contributed by atoms with Crippen molar-refractivity contribution >= 4 is 22.6 Å². The summed E-state index contributed by atoms with van der Waals surface area (Å²) < 4.78 is 21.0. The molecule has 0 spiro atoms. The summed E-state index contributed by atoms with van der Waals surface area (Å²) >= 11 is 5.86. The fourth-order valence-electron chi connectivity index (χ4n) is 2.30. The van der Waals surface area contributed by atoms with Gasteiger partial charge in [-0.25, -0.2) is 9.37 Å². The molecule has 0 amide bonds. The van der Waals surface area contributed by atoms with Gasteiger partial charge in [0.15, 0.2) is 11.6 Å². The smallest absolute Gasteiger partial charge is 0.167 e. The second-order valence-electron chi connectivity index (χ2n) is 6.40. The maximum atomic E-state index is 13.8. The van der Waals surface area contributed by atoms with E-state index in [2.05, 4.69) is 30.3 Å². The molecule has 1 aromatic heterocycles. The number of methoxy groups -OCH3 is 1. The molecule has 0 aliphatic carbocycles. The Labute approximate surface area is 130 Å². The Balaban J connectivity index is 2.49. The minimum absolute atomic E-state index is 0.221. The number of rotatable bonds is 5. The number of imidazole rings is 1.